The van der Waals surface area contributed by atoms with Gasteiger partial charge in [-0.2, -0.15) is 0 Å². The van der Waals surface area contributed by atoms with E-state index in [4.69, 9.17) is 27.9 Å². The summed E-state index contributed by atoms with van der Waals surface area (Å²) in [7, 11) is 14.9. The first-order valence-corrected chi connectivity index (χ1v) is 13.0. The fourth-order valence-electron chi connectivity index (χ4n) is 1.93. The minimum absolute atomic E-state index is 0.222. The van der Waals surface area contributed by atoms with Crippen LogP contribution in [0, 0.1) is 0 Å². The van der Waals surface area contributed by atoms with Crippen LogP contribution in [0.3, 0.4) is 0 Å². The van der Waals surface area contributed by atoms with Crippen molar-refractivity contribution in [1.29, 1.82) is 0 Å². The van der Waals surface area contributed by atoms with Crippen LogP contribution in [-0.2, 0) is 14.7 Å². The van der Waals surface area contributed by atoms with E-state index >= 15 is 0 Å². The van der Waals surface area contributed by atoms with Gasteiger partial charge in [0.1, 0.15) is 5.75 Å². The van der Waals surface area contributed by atoms with Crippen LogP contribution in [0.25, 0.3) is 10.9 Å². The van der Waals surface area contributed by atoms with Crippen molar-refractivity contribution in [3.63, 3.8) is 0 Å². The van der Waals surface area contributed by atoms with Crippen LogP contribution in [0.2, 0.25) is 0 Å². The van der Waals surface area contributed by atoms with Gasteiger partial charge in [0.2, 0.25) is 0 Å². The molecule has 0 fully saturated rings. The number of phenols is 1. The molecule has 3 rings (SSSR count). The summed E-state index contributed by atoms with van der Waals surface area (Å²) in [5, 5.41) is 10.7. The summed E-state index contributed by atoms with van der Waals surface area (Å²) in [4.78, 5) is 8.76. The summed E-state index contributed by atoms with van der Waals surface area (Å²) in [6.45, 7) is 0. The Morgan fingerprint density at radius 3 is 2.39 bits per heavy atom. The van der Waals surface area contributed by atoms with Gasteiger partial charge >= 0.3 is 42.6 Å². The maximum atomic E-state index is 9.69. The number of phenolic OH excluding ortho intramolecular Hbond substituents is 1. The van der Waals surface area contributed by atoms with E-state index in [9.17, 15) is 5.11 Å². The zero-order valence-corrected chi connectivity index (χ0v) is 15.7. The Labute approximate surface area is 152 Å². The molecule has 0 bridgehead atoms. The van der Waals surface area contributed by atoms with Crippen molar-refractivity contribution >= 4 is 50.7 Å². The maximum absolute atomic E-state index is 9.69. The number of aliphatic imine (C=N–C) groups is 1. The van der Waals surface area contributed by atoms with Gasteiger partial charge in [-0.15, -0.1) is 0 Å². The molecule has 0 amide bonds. The molecule has 0 aliphatic heterocycles. The van der Waals surface area contributed by atoms with E-state index in [1.54, 1.807) is 24.5 Å². The Morgan fingerprint density at radius 1 is 0.957 bits per heavy atom. The minimum atomic E-state index is -1.92. The second-order valence-corrected chi connectivity index (χ2v) is 12.1. The summed E-state index contributed by atoms with van der Waals surface area (Å²) in [6, 6.07) is 16.9. The van der Waals surface area contributed by atoms with Crippen molar-refractivity contribution < 1.29 is 19.8 Å². The molecular weight excluding hydrogens is 390 g/mol. The van der Waals surface area contributed by atoms with Gasteiger partial charge < -0.3 is 5.11 Å². The summed E-state index contributed by atoms with van der Waals surface area (Å²) < 4.78 is 0. The van der Waals surface area contributed by atoms with Crippen LogP contribution >= 0.6 is 27.9 Å². The van der Waals surface area contributed by atoms with E-state index in [0.717, 1.165) is 16.6 Å². The molecule has 0 radical (unpaired) electrons. The third kappa shape index (κ3) is 5.80. The van der Waals surface area contributed by atoms with Gasteiger partial charge in [0.15, 0.2) is 0 Å². The van der Waals surface area contributed by atoms with E-state index < -0.39 is 14.7 Å². The number of rotatable bonds is 2. The number of benzene rings is 2. The summed E-state index contributed by atoms with van der Waals surface area (Å²) in [5.41, 5.74) is 2.34. The van der Waals surface area contributed by atoms with Crippen molar-refractivity contribution in [2.24, 2.45) is 4.99 Å². The number of aromatic nitrogens is 1. The third-order valence-corrected chi connectivity index (χ3v) is 2.89. The molecule has 23 heavy (non-hydrogen) atoms. The first kappa shape index (κ1) is 18.2. The van der Waals surface area contributed by atoms with Gasteiger partial charge in [0.05, 0.1) is 11.2 Å². The van der Waals surface area contributed by atoms with Crippen molar-refractivity contribution in [3.05, 3.63) is 66.4 Å². The number of halogens is 3. The predicted octanol–water partition coefficient (Wildman–Crippen LogP) is 5.76. The monoisotopic (exact) mass is 401 g/mol. The van der Waals surface area contributed by atoms with Crippen LogP contribution in [0.15, 0.2) is 65.8 Å². The number of pyridine rings is 1. The van der Waals surface area contributed by atoms with Gasteiger partial charge in [-0.05, 0) is 24.3 Å². The number of fused-ring (bicyclic) bond motifs is 1. The fraction of sp³-hybridized carbons (Fsp3) is 0. The zero-order valence-electron chi connectivity index (χ0n) is 11.8. The van der Waals surface area contributed by atoms with Gasteiger partial charge in [-0.3, -0.25) is 9.98 Å². The topological polar surface area (TPSA) is 45.5 Å². The van der Waals surface area contributed by atoms with Crippen LogP contribution in [0.5, 0.6) is 5.75 Å². The van der Waals surface area contributed by atoms with Crippen LogP contribution < -0.4 is 0 Å². The molecule has 0 aliphatic carbocycles. The summed E-state index contributed by atoms with van der Waals surface area (Å²) in [6.07, 6.45) is 3.40. The molecule has 2 aromatic carbocycles. The number of para-hydroxylation sites is 2. The Kier molecular flexibility index (Phi) is 7.35. The van der Waals surface area contributed by atoms with Gasteiger partial charge in [0.25, 0.3) is 0 Å². The number of nitrogens with zero attached hydrogens (tertiary/aromatic N) is 2. The molecule has 1 heterocycles. The van der Waals surface area contributed by atoms with Crippen LogP contribution in [-0.4, -0.2) is 16.3 Å². The second kappa shape index (κ2) is 9.26. The predicted molar refractivity (Wildman–Crippen MR) is 94.7 cm³/mol. The van der Waals surface area contributed by atoms with Crippen molar-refractivity contribution in [1.82, 2.24) is 4.98 Å². The molecule has 0 saturated carbocycles. The molecule has 1 aromatic heterocycles. The fourth-order valence-corrected chi connectivity index (χ4v) is 1.93. The van der Waals surface area contributed by atoms with Gasteiger partial charge in [0, 0.05) is 23.4 Å². The van der Waals surface area contributed by atoms with E-state index in [2.05, 4.69) is 9.98 Å². The molecule has 0 aliphatic rings. The molecule has 117 valence electrons. The Bertz CT molecular complexity index is 804. The molecule has 0 atom stereocenters. The van der Waals surface area contributed by atoms with E-state index in [1.807, 2.05) is 42.5 Å². The Morgan fingerprint density at radius 2 is 1.65 bits per heavy atom. The quantitative estimate of drug-likeness (QED) is 0.438. The standard InChI is InChI=1S/C16H12N2O.3ClH.Ti/c19-15-9-2-1-5-13(15)11-18-14-8-3-6-12-7-4-10-17-16(12)14;;;;/h1-11,19H;3*1H;/q;;;;+3/p-3. The van der Waals surface area contributed by atoms with Gasteiger partial charge in [-0.1, -0.05) is 30.3 Å². The molecule has 0 saturated heterocycles. The van der Waals surface area contributed by atoms with Gasteiger partial charge in [-0.25, -0.2) is 0 Å². The SMILES string of the molecule is Oc1ccccc1C=Nc1cccc2cccnc12.[Cl][Ti]([Cl])[Cl]. The molecule has 7 heteroatoms. The van der Waals surface area contributed by atoms with Crippen molar-refractivity contribution in [2.75, 3.05) is 0 Å². The first-order chi connectivity index (χ1) is 11.1. The molecule has 1 N–H and O–H groups in total. The summed E-state index contributed by atoms with van der Waals surface area (Å²) >= 11 is -1.92. The molecule has 0 unspecified atom stereocenters. The normalized spacial score (nSPS) is 10.4. The van der Waals surface area contributed by atoms with Crippen molar-refractivity contribution in [3.8, 4) is 5.75 Å². The third-order valence-electron chi connectivity index (χ3n) is 2.89. The van der Waals surface area contributed by atoms with E-state index in [0.29, 0.717) is 5.56 Å². The Hall–Kier alpha value is -1.10. The Balaban J connectivity index is 0.000000433. The first-order valence-electron chi connectivity index (χ1n) is 6.57. The van der Waals surface area contributed by atoms with E-state index in [1.165, 1.54) is 0 Å². The van der Waals surface area contributed by atoms with Crippen molar-refractivity contribution in [2.45, 2.75) is 0 Å². The summed E-state index contributed by atoms with van der Waals surface area (Å²) in [5.74, 6) is 0.222. The van der Waals surface area contributed by atoms with Crippen LogP contribution in [0.4, 0.5) is 5.69 Å². The number of hydrogen-bond acceptors (Lipinski definition) is 3. The average molecular weight is 403 g/mol. The van der Waals surface area contributed by atoms with E-state index in [-0.39, 0.29) is 5.75 Å². The second-order valence-electron chi connectivity index (χ2n) is 4.38. The molecule has 0 spiro atoms. The van der Waals surface area contributed by atoms with Crippen LogP contribution in [0.1, 0.15) is 5.56 Å². The molecule has 3 aromatic rings. The number of hydrogen-bond donors (Lipinski definition) is 1. The zero-order chi connectivity index (χ0) is 16.7. The molecule has 3 nitrogen and oxygen atoms in total. The molecular formula is C16H12Cl3N2OTi. The number of aromatic hydroxyl groups is 1. The average Bonchev–Trinajstić information content (AvgIpc) is 2.53.